The van der Waals surface area contributed by atoms with Gasteiger partial charge in [-0.25, -0.2) is 4.79 Å². The van der Waals surface area contributed by atoms with Gasteiger partial charge >= 0.3 is 5.97 Å². The van der Waals surface area contributed by atoms with Gasteiger partial charge in [-0.05, 0) is 57.2 Å². The number of rotatable bonds is 5. The van der Waals surface area contributed by atoms with Crippen LogP contribution in [0.4, 0.5) is 0 Å². The van der Waals surface area contributed by atoms with Gasteiger partial charge < -0.3 is 20.4 Å². The molecule has 3 rings (SSSR count). The number of carbonyl (C=O) groups excluding carboxylic acids is 1. The second kappa shape index (κ2) is 5.42. The first-order valence-corrected chi connectivity index (χ1v) is 7.68. The number of aliphatic hydroxyl groups is 1. The largest absolute Gasteiger partial charge is 0.477 e. The number of nitrogens with zero attached hydrogens (tertiary/aromatic N) is 1. The standard InChI is InChI=1S/C15H22N2O4/c1-8(18)12-11-6-10(3-2-9-4-5-16-7-9)13(15(20)21)17(11)14(12)19/h8-9,11-12,16,18H,2-7H2,1H3,(H,20,21)/t8-,9?,11-,12-/m1/s1. The molecule has 0 radical (unpaired) electrons. The van der Waals surface area contributed by atoms with Gasteiger partial charge in [0.2, 0.25) is 5.91 Å². The summed E-state index contributed by atoms with van der Waals surface area (Å²) in [6.45, 7) is 3.63. The molecule has 6 nitrogen and oxygen atoms in total. The van der Waals surface area contributed by atoms with Gasteiger partial charge in [0.15, 0.2) is 0 Å². The number of hydrogen-bond donors (Lipinski definition) is 3. The molecule has 2 fully saturated rings. The molecule has 0 spiro atoms. The number of carboxylic acid groups (broad SMARTS) is 1. The zero-order valence-corrected chi connectivity index (χ0v) is 12.2. The van der Waals surface area contributed by atoms with Crippen molar-refractivity contribution in [2.75, 3.05) is 13.1 Å². The lowest BCUT2D eigenvalue weighted by Gasteiger charge is -2.44. The van der Waals surface area contributed by atoms with Gasteiger partial charge in [-0.2, -0.15) is 0 Å². The average Bonchev–Trinajstić information content (AvgIpc) is 3.01. The summed E-state index contributed by atoms with van der Waals surface area (Å²) in [5, 5.41) is 22.4. The smallest absolute Gasteiger partial charge is 0.352 e. The van der Waals surface area contributed by atoms with Crippen molar-refractivity contribution in [2.45, 2.75) is 44.8 Å². The van der Waals surface area contributed by atoms with Crippen molar-refractivity contribution < 1.29 is 19.8 Å². The van der Waals surface area contributed by atoms with Gasteiger partial charge in [0, 0.05) is 0 Å². The number of β-lactam (4-membered cyclic amide) rings is 1. The van der Waals surface area contributed by atoms with E-state index in [1.54, 1.807) is 6.92 Å². The van der Waals surface area contributed by atoms with E-state index in [4.69, 9.17) is 0 Å². The topological polar surface area (TPSA) is 89.9 Å². The molecule has 3 aliphatic heterocycles. The Balaban J connectivity index is 1.72. The van der Waals surface area contributed by atoms with Crippen LogP contribution < -0.4 is 5.32 Å². The molecule has 3 heterocycles. The van der Waals surface area contributed by atoms with Crippen molar-refractivity contribution in [1.29, 1.82) is 0 Å². The number of aliphatic carboxylic acids is 1. The van der Waals surface area contributed by atoms with E-state index in [9.17, 15) is 19.8 Å². The number of carboxylic acids is 1. The summed E-state index contributed by atoms with van der Waals surface area (Å²) < 4.78 is 0. The third kappa shape index (κ3) is 2.36. The minimum Gasteiger partial charge on any atom is -0.477 e. The molecular formula is C15H22N2O4. The van der Waals surface area contributed by atoms with Crippen LogP contribution in [0.15, 0.2) is 11.3 Å². The SMILES string of the molecule is C[C@@H](O)[C@H]1C(=O)N2C(C(=O)O)=C(CCC3CCNC3)C[C@H]12. The van der Waals surface area contributed by atoms with Crippen molar-refractivity contribution >= 4 is 11.9 Å². The number of aliphatic hydroxyl groups excluding tert-OH is 1. The molecule has 1 unspecified atom stereocenters. The second-order valence-electron chi connectivity index (χ2n) is 6.40. The van der Waals surface area contributed by atoms with Gasteiger partial charge in [-0.15, -0.1) is 0 Å². The first kappa shape index (κ1) is 14.5. The van der Waals surface area contributed by atoms with Crippen LogP contribution >= 0.6 is 0 Å². The van der Waals surface area contributed by atoms with Gasteiger partial charge in [0.1, 0.15) is 5.70 Å². The van der Waals surface area contributed by atoms with Gasteiger partial charge in [-0.3, -0.25) is 4.79 Å². The normalized spacial score (nSPS) is 33.1. The fourth-order valence-electron chi connectivity index (χ4n) is 3.92. The van der Waals surface area contributed by atoms with Gasteiger partial charge in [0.25, 0.3) is 0 Å². The van der Waals surface area contributed by atoms with E-state index in [0.717, 1.165) is 37.9 Å². The summed E-state index contributed by atoms with van der Waals surface area (Å²) in [5.41, 5.74) is 1.05. The van der Waals surface area contributed by atoms with Crippen LogP contribution in [0.25, 0.3) is 0 Å². The van der Waals surface area contributed by atoms with E-state index in [0.29, 0.717) is 12.3 Å². The minimum absolute atomic E-state index is 0.152. The summed E-state index contributed by atoms with van der Waals surface area (Å²) >= 11 is 0. The van der Waals surface area contributed by atoms with E-state index in [1.165, 1.54) is 4.90 Å². The molecule has 2 saturated heterocycles. The molecule has 116 valence electrons. The number of fused-ring (bicyclic) bond motifs is 1. The van der Waals surface area contributed by atoms with Crippen LogP contribution in [-0.4, -0.2) is 52.2 Å². The van der Waals surface area contributed by atoms with E-state index in [-0.39, 0.29) is 17.6 Å². The highest BCUT2D eigenvalue weighted by Gasteiger charge is 2.56. The Labute approximate surface area is 123 Å². The number of carbonyl (C=O) groups is 2. The predicted molar refractivity (Wildman–Crippen MR) is 75.3 cm³/mol. The lowest BCUT2D eigenvalue weighted by molar-refractivity contribution is -0.161. The lowest BCUT2D eigenvalue weighted by Crippen LogP contribution is -2.61. The molecule has 0 bridgehead atoms. The van der Waals surface area contributed by atoms with Crippen LogP contribution in [0.3, 0.4) is 0 Å². The Kier molecular flexibility index (Phi) is 3.75. The molecule has 0 aromatic carbocycles. The summed E-state index contributed by atoms with van der Waals surface area (Å²) in [6, 6.07) is -0.152. The molecule has 3 N–H and O–H groups in total. The summed E-state index contributed by atoms with van der Waals surface area (Å²) in [5.74, 6) is -1.10. The monoisotopic (exact) mass is 294 g/mol. The Morgan fingerprint density at radius 3 is 2.86 bits per heavy atom. The Hall–Kier alpha value is -1.40. The molecule has 0 saturated carbocycles. The highest BCUT2D eigenvalue weighted by Crippen LogP contribution is 2.45. The van der Waals surface area contributed by atoms with Crippen molar-refractivity contribution in [3.05, 3.63) is 11.3 Å². The van der Waals surface area contributed by atoms with Crippen LogP contribution in [0.2, 0.25) is 0 Å². The third-order valence-corrected chi connectivity index (χ3v) is 5.04. The molecule has 1 amide bonds. The highest BCUT2D eigenvalue weighted by atomic mass is 16.4. The number of hydrogen-bond acceptors (Lipinski definition) is 4. The average molecular weight is 294 g/mol. The van der Waals surface area contributed by atoms with Crippen LogP contribution in [0.1, 0.15) is 32.6 Å². The Bertz CT molecular complexity index is 494. The zero-order chi connectivity index (χ0) is 15.1. The summed E-state index contributed by atoms with van der Waals surface area (Å²) in [6.07, 6.45) is 2.72. The van der Waals surface area contributed by atoms with Crippen molar-refractivity contribution in [3.63, 3.8) is 0 Å². The number of amides is 1. The van der Waals surface area contributed by atoms with E-state index < -0.39 is 18.0 Å². The highest BCUT2D eigenvalue weighted by molar-refractivity contribution is 5.99. The fraction of sp³-hybridized carbons (Fsp3) is 0.733. The molecule has 0 aromatic heterocycles. The molecule has 0 aliphatic carbocycles. The molecule has 21 heavy (non-hydrogen) atoms. The lowest BCUT2D eigenvalue weighted by atomic mass is 9.82. The maximum Gasteiger partial charge on any atom is 0.352 e. The number of nitrogens with one attached hydrogen (secondary N) is 1. The maximum atomic E-state index is 12.1. The van der Waals surface area contributed by atoms with Crippen LogP contribution in [0.5, 0.6) is 0 Å². The quantitative estimate of drug-likeness (QED) is 0.636. The predicted octanol–water partition coefficient (Wildman–Crippen LogP) is 0.326. The van der Waals surface area contributed by atoms with Crippen molar-refractivity contribution in [1.82, 2.24) is 10.2 Å². The van der Waals surface area contributed by atoms with Crippen LogP contribution in [0, 0.1) is 11.8 Å². The van der Waals surface area contributed by atoms with E-state index in [2.05, 4.69) is 5.32 Å². The van der Waals surface area contributed by atoms with Gasteiger partial charge in [0.05, 0.1) is 18.1 Å². The van der Waals surface area contributed by atoms with E-state index in [1.807, 2.05) is 0 Å². The Morgan fingerprint density at radius 1 is 1.52 bits per heavy atom. The first-order chi connectivity index (χ1) is 10.0. The molecule has 3 aliphatic rings. The Morgan fingerprint density at radius 2 is 2.29 bits per heavy atom. The first-order valence-electron chi connectivity index (χ1n) is 7.68. The second-order valence-corrected chi connectivity index (χ2v) is 6.40. The van der Waals surface area contributed by atoms with Crippen molar-refractivity contribution in [3.8, 4) is 0 Å². The zero-order valence-electron chi connectivity index (χ0n) is 12.2. The fourth-order valence-corrected chi connectivity index (χ4v) is 3.92. The molecular weight excluding hydrogens is 272 g/mol. The molecule has 4 atom stereocenters. The third-order valence-electron chi connectivity index (χ3n) is 5.04. The summed E-state index contributed by atoms with van der Waals surface area (Å²) in [4.78, 5) is 24.9. The van der Waals surface area contributed by atoms with Crippen molar-refractivity contribution in [2.24, 2.45) is 11.8 Å². The molecule has 0 aromatic rings. The van der Waals surface area contributed by atoms with Crippen LogP contribution in [-0.2, 0) is 9.59 Å². The summed E-state index contributed by atoms with van der Waals surface area (Å²) in [7, 11) is 0. The minimum atomic E-state index is -1.02. The van der Waals surface area contributed by atoms with E-state index >= 15 is 0 Å². The maximum absolute atomic E-state index is 12.1. The molecule has 6 heteroatoms. The van der Waals surface area contributed by atoms with Gasteiger partial charge in [-0.1, -0.05) is 0 Å².